The van der Waals surface area contributed by atoms with E-state index >= 15 is 0 Å². The van der Waals surface area contributed by atoms with E-state index in [-0.39, 0.29) is 17.6 Å². The first-order chi connectivity index (χ1) is 11.5. The van der Waals surface area contributed by atoms with E-state index in [0.29, 0.717) is 5.92 Å². The lowest BCUT2D eigenvalue weighted by atomic mass is 10.0. The summed E-state index contributed by atoms with van der Waals surface area (Å²) in [5.74, 6) is 0.758. The number of benzene rings is 2. The Morgan fingerprint density at radius 3 is 2.50 bits per heavy atom. The lowest BCUT2D eigenvalue weighted by Gasteiger charge is -2.14. The predicted octanol–water partition coefficient (Wildman–Crippen LogP) is 4.01. The number of nitrogens with one attached hydrogen (secondary N) is 2. The van der Waals surface area contributed by atoms with Gasteiger partial charge in [-0.25, -0.2) is 0 Å². The molecule has 2 aromatic rings. The van der Waals surface area contributed by atoms with Gasteiger partial charge >= 0.3 is 0 Å². The number of carbonyl (C=O) groups is 1. The first-order valence-electron chi connectivity index (χ1n) is 7.85. The maximum Gasteiger partial charge on any atom is 0.264 e. The molecule has 0 aliphatic rings. The number of para-hydroxylation sites is 2. The molecule has 2 N–H and O–H groups in total. The van der Waals surface area contributed by atoms with Gasteiger partial charge in [0.15, 0.2) is 11.7 Å². The summed E-state index contributed by atoms with van der Waals surface area (Å²) in [5.41, 5.74) is 3.00. The highest BCUT2D eigenvalue weighted by atomic mass is 32.1. The van der Waals surface area contributed by atoms with Crippen LogP contribution in [0.25, 0.3) is 0 Å². The normalized spacial score (nSPS) is 10.3. The molecule has 0 unspecified atom stereocenters. The second-order valence-electron chi connectivity index (χ2n) is 5.80. The maximum absolute atomic E-state index is 12.0. The van der Waals surface area contributed by atoms with Gasteiger partial charge in [0, 0.05) is 5.69 Å². The molecule has 0 atom stereocenters. The van der Waals surface area contributed by atoms with Crippen LogP contribution in [0.2, 0.25) is 0 Å². The first kappa shape index (κ1) is 17.9. The standard InChI is InChI=1S/C19H22N2O2S/c1-13(2)15-9-5-7-11-17(15)23-12-18(22)21-19(24)20-16-10-6-4-8-14(16)3/h4-11,13H,12H2,1-3H3,(H2,20,21,22,24). The summed E-state index contributed by atoms with van der Waals surface area (Å²) in [5, 5.41) is 5.90. The highest BCUT2D eigenvalue weighted by Crippen LogP contribution is 2.25. The zero-order valence-electron chi connectivity index (χ0n) is 14.1. The van der Waals surface area contributed by atoms with Gasteiger partial charge in [-0.2, -0.15) is 0 Å². The molecule has 0 bridgehead atoms. The van der Waals surface area contributed by atoms with Gasteiger partial charge in [-0.15, -0.1) is 0 Å². The van der Waals surface area contributed by atoms with Crippen molar-refractivity contribution in [1.82, 2.24) is 5.32 Å². The van der Waals surface area contributed by atoms with Crippen LogP contribution in [0.15, 0.2) is 48.5 Å². The van der Waals surface area contributed by atoms with E-state index < -0.39 is 0 Å². The van der Waals surface area contributed by atoms with E-state index in [1.54, 1.807) is 0 Å². The summed E-state index contributed by atoms with van der Waals surface area (Å²) in [6, 6.07) is 15.5. The van der Waals surface area contributed by atoms with Crippen LogP contribution in [0, 0.1) is 6.92 Å². The van der Waals surface area contributed by atoms with Crippen molar-refractivity contribution in [2.75, 3.05) is 11.9 Å². The van der Waals surface area contributed by atoms with E-state index in [9.17, 15) is 4.79 Å². The number of thiocarbonyl (C=S) groups is 1. The van der Waals surface area contributed by atoms with Crippen molar-refractivity contribution < 1.29 is 9.53 Å². The molecule has 24 heavy (non-hydrogen) atoms. The summed E-state index contributed by atoms with van der Waals surface area (Å²) in [6.45, 7) is 6.06. The number of anilines is 1. The Kier molecular flexibility index (Phi) is 6.32. The minimum absolute atomic E-state index is 0.0840. The van der Waals surface area contributed by atoms with E-state index in [4.69, 9.17) is 17.0 Å². The van der Waals surface area contributed by atoms with Crippen molar-refractivity contribution in [2.24, 2.45) is 0 Å². The number of rotatable bonds is 5. The van der Waals surface area contributed by atoms with Crippen molar-refractivity contribution in [3.8, 4) is 5.75 Å². The maximum atomic E-state index is 12.0. The Bertz CT molecular complexity index is 729. The average Bonchev–Trinajstić information content (AvgIpc) is 2.55. The molecular weight excluding hydrogens is 320 g/mol. The first-order valence-corrected chi connectivity index (χ1v) is 8.26. The smallest absolute Gasteiger partial charge is 0.264 e. The van der Waals surface area contributed by atoms with Crippen LogP contribution in [-0.2, 0) is 4.79 Å². The van der Waals surface area contributed by atoms with Crippen molar-refractivity contribution in [1.29, 1.82) is 0 Å². The predicted molar refractivity (Wildman–Crippen MR) is 102 cm³/mol. The molecule has 2 rings (SSSR count). The van der Waals surface area contributed by atoms with Gasteiger partial charge < -0.3 is 10.1 Å². The molecule has 5 heteroatoms. The lowest BCUT2D eigenvalue weighted by molar-refractivity contribution is -0.121. The molecule has 0 spiro atoms. The summed E-state index contributed by atoms with van der Waals surface area (Å²) >= 11 is 5.17. The molecule has 0 saturated carbocycles. The second-order valence-corrected chi connectivity index (χ2v) is 6.21. The van der Waals surface area contributed by atoms with Gasteiger partial charge in [-0.3, -0.25) is 10.1 Å². The van der Waals surface area contributed by atoms with Crippen molar-refractivity contribution >= 4 is 28.9 Å². The van der Waals surface area contributed by atoms with Crippen molar-refractivity contribution in [2.45, 2.75) is 26.7 Å². The van der Waals surface area contributed by atoms with Crippen molar-refractivity contribution in [3.63, 3.8) is 0 Å². The largest absolute Gasteiger partial charge is 0.483 e. The fourth-order valence-electron chi connectivity index (χ4n) is 2.26. The number of carbonyl (C=O) groups excluding carboxylic acids is 1. The topological polar surface area (TPSA) is 50.4 Å². The SMILES string of the molecule is Cc1ccccc1NC(=S)NC(=O)COc1ccccc1C(C)C. The van der Waals surface area contributed by atoms with Gasteiger partial charge in [-0.05, 0) is 48.3 Å². The summed E-state index contributed by atoms with van der Waals surface area (Å²) < 4.78 is 5.64. The van der Waals surface area contributed by atoms with E-state index in [1.807, 2.05) is 55.5 Å². The monoisotopic (exact) mass is 342 g/mol. The van der Waals surface area contributed by atoms with E-state index in [0.717, 1.165) is 22.6 Å². The fourth-order valence-corrected chi connectivity index (χ4v) is 2.49. The van der Waals surface area contributed by atoms with E-state index in [1.165, 1.54) is 0 Å². The molecule has 0 saturated heterocycles. The second kappa shape index (κ2) is 8.45. The molecule has 4 nitrogen and oxygen atoms in total. The minimum atomic E-state index is -0.292. The summed E-state index contributed by atoms with van der Waals surface area (Å²) in [7, 11) is 0. The highest BCUT2D eigenvalue weighted by molar-refractivity contribution is 7.80. The van der Waals surface area contributed by atoms with Crippen LogP contribution >= 0.6 is 12.2 Å². The van der Waals surface area contributed by atoms with Gasteiger partial charge in [0.1, 0.15) is 5.75 Å². The Morgan fingerprint density at radius 2 is 1.79 bits per heavy atom. The summed E-state index contributed by atoms with van der Waals surface area (Å²) in [6.07, 6.45) is 0. The Labute approximate surface area is 148 Å². The fraction of sp³-hybridized carbons (Fsp3) is 0.263. The third-order valence-electron chi connectivity index (χ3n) is 3.55. The van der Waals surface area contributed by atoms with Crippen LogP contribution in [-0.4, -0.2) is 17.6 Å². The molecule has 0 radical (unpaired) electrons. The van der Waals surface area contributed by atoms with Crippen molar-refractivity contribution in [3.05, 3.63) is 59.7 Å². The molecule has 2 aromatic carbocycles. The quantitative estimate of drug-likeness (QED) is 0.806. The van der Waals surface area contributed by atoms with Gasteiger partial charge in [0.2, 0.25) is 0 Å². The Balaban J connectivity index is 1.88. The molecule has 0 aromatic heterocycles. The number of aryl methyl sites for hydroxylation is 1. The molecule has 0 aliphatic carbocycles. The van der Waals surface area contributed by atoms with Crippen LogP contribution in [0.4, 0.5) is 5.69 Å². The average molecular weight is 342 g/mol. The zero-order valence-corrected chi connectivity index (χ0v) is 14.9. The van der Waals surface area contributed by atoms with Gasteiger partial charge in [0.25, 0.3) is 5.91 Å². The van der Waals surface area contributed by atoms with Crippen LogP contribution in [0.3, 0.4) is 0 Å². The third kappa shape index (κ3) is 5.06. The molecule has 1 amide bonds. The highest BCUT2D eigenvalue weighted by Gasteiger charge is 2.10. The number of ether oxygens (including phenoxy) is 1. The Hall–Kier alpha value is -2.40. The minimum Gasteiger partial charge on any atom is -0.483 e. The number of hydrogen-bond acceptors (Lipinski definition) is 3. The molecule has 0 heterocycles. The number of amides is 1. The molecule has 0 aliphatic heterocycles. The van der Waals surface area contributed by atoms with Crippen LogP contribution < -0.4 is 15.4 Å². The van der Waals surface area contributed by atoms with Crippen LogP contribution in [0.1, 0.15) is 30.9 Å². The zero-order chi connectivity index (χ0) is 17.5. The molecule has 126 valence electrons. The van der Waals surface area contributed by atoms with E-state index in [2.05, 4.69) is 24.5 Å². The molecular formula is C19H22N2O2S. The summed E-state index contributed by atoms with van der Waals surface area (Å²) in [4.78, 5) is 12.0. The third-order valence-corrected chi connectivity index (χ3v) is 3.75. The lowest BCUT2D eigenvalue weighted by Crippen LogP contribution is -2.37. The number of hydrogen-bond donors (Lipinski definition) is 2. The Morgan fingerprint density at radius 1 is 1.12 bits per heavy atom. The van der Waals surface area contributed by atoms with Crippen LogP contribution in [0.5, 0.6) is 5.75 Å². The van der Waals surface area contributed by atoms with Gasteiger partial charge in [0.05, 0.1) is 0 Å². The van der Waals surface area contributed by atoms with Gasteiger partial charge in [-0.1, -0.05) is 50.2 Å². The molecule has 0 fully saturated rings.